The number of carbonyl (C=O) groups is 2. The minimum Gasteiger partial charge on any atom is -0.348 e. The summed E-state index contributed by atoms with van der Waals surface area (Å²) >= 11 is 1.75. The Hall–Kier alpha value is -2.14. The lowest BCUT2D eigenvalue weighted by molar-refractivity contribution is -0.139. The summed E-state index contributed by atoms with van der Waals surface area (Å²) in [5.74, 6) is -1.07. The second kappa shape index (κ2) is 8.99. The van der Waals surface area contributed by atoms with Gasteiger partial charge in [0.2, 0.25) is 0 Å². The first-order valence-corrected chi connectivity index (χ1v) is 10.2. The molecule has 0 atom stereocenters. The van der Waals surface area contributed by atoms with Crippen molar-refractivity contribution >= 4 is 23.2 Å². The number of amides is 2. The molecular formula is C21H26N2O2S. The molecule has 0 saturated heterocycles. The van der Waals surface area contributed by atoms with E-state index in [0.717, 1.165) is 24.8 Å². The number of carbonyl (C=O) groups excluding carboxylic acids is 2. The number of thiophene rings is 1. The predicted octanol–water partition coefficient (Wildman–Crippen LogP) is 3.43. The van der Waals surface area contributed by atoms with Gasteiger partial charge in [0.15, 0.2) is 0 Å². The van der Waals surface area contributed by atoms with Crippen LogP contribution in [0.2, 0.25) is 0 Å². The van der Waals surface area contributed by atoms with Crippen LogP contribution >= 0.6 is 11.3 Å². The quantitative estimate of drug-likeness (QED) is 0.766. The largest absolute Gasteiger partial charge is 0.348 e. The molecule has 3 rings (SSSR count). The maximum absolute atomic E-state index is 12.2. The van der Waals surface area contributed by atoms with Crippen LogP contribution in [0.15, 0.2) is 47.8 Å². The predicted molar refractivity (Wildman–Crippen MR) is 105 cm³/mol. The summed E-state index contributed by atoms with van der Waals surface area (Å²) in [4.78, 5) is 25.6. The van der Waals surface area contributed by atoms with Gasteiger partial charge in [-0.05, 0) is 36.3 Å². The highest BCUT2D eigenvalue weighted by molar-refractivity contribution is 7.10. The van der Waals surface area contributed by atoms with Crippen LogP contribution in [0.3, 0.4) is 0 Å². The lowest BCUT2D eigenvalue weighted by atomic mass is 9.73. The molecule has 138 valence electrons. The molecule has 5 heteroatoms. The molecule has 0 unspecified atom stereocenters. The Balaban J connectivity index is 1.49. The fourth-order valence-electron chi connectivity index (χ4n) is 3.69. The maximum atomic E-state index is 12.2. The maximum Gasteiger partial charge on any atom is 0.309 e. The first-order valence-electron chi connectivity index (χ1n) is 9.34. The first-order chi connectivity index (χ1) is 12.7. The molecular weight excluding hydrogens is 344 g/mol. The molecule has 0 aliphatic heterocycles. The Kier molecular flexibility index (Phi) is 6.45. The molecule has 1 aliphatic rings. The van der Waals surface area contributed by atoms with E-state index in [-0.39, 0.29) is 5.41 Å². The van der Waals surface area contributed by atoms with Crippen molar-refractivity contribution in [3.05, 3.63) is 58.3 Å². The van der Waals surface area contributed by atoms with Crippen LogP contribution in [0.1, 0.15) is 42.5 Å². The Morgan fingerprint density at radius 3 is 2.35 bits per heavy atom. The minimum absolute atomic E-state index is 0.00754. The van der Waals surface area contributed by atoms with Gasteiger partial charge in [-0.3, -0.25) is 9.59 Å². The van der Waals surface area contributed by atoms with Crippen LogP contribution in [-0.2, 0) is 21.4 Å². The van der Waals surface area contributed by atoms with Crippen molar-refractivity contribution in [2.45, 2.75) is 43.9 Å². The van der Waals surface area contributed by atoms with Gasteiger partial charge in [0.25, 0.3) is 0 Å². The Bertz CT molecular complexity index is 707. The average Bonchev–Trinajstić information content (AvgIpc) is 3.23. The lowest BCUT2D eigenvalue weighted by Gasteiger charge is -2.36. The van der Waals surface area contributed by atoms with Crippen molar-refractivity contribution in [3.8, 4) is 0 Å². The summed E-state index contributed by atoms with van der Waals surface area (Å²) in [6, 6.07) is 14.1. The SMILES string of the molecule is O=C(NCCc1ccccc1)C(=O)NCC1(c2cccs2)CCCCC1. The number of rotatable bonds is 6. The van der Waals surface area contributed by atoms with Crippen molar-refractivity contribution in [1.82, 2.24) is 10.6 Å². The topological polar surface area (TPSA) is 58.2 Å². The van der Waals surface area contributed by atoms with E-state index >= 15 is 0 Å². The fourth-order valence-corrected chi connectivity index (χ4v) is 4.68. The van der Waals surface area contributed by atoms with Crippen molar-refractivity contribution in [2.24, 2.45) is 0 Å². The Morgan fingerprint density at radius 1 is 0.923 bits per heavy atom. The van der Waals surface area contributed by atoms with Crippen molar-refractivity contribution in [1.29, 1.82) is 0 Å². The molecule has 4 nitrogen and oxygen atoms in total. The molecule has 0 spiro atoms. The second-order valence-corrected chi connectivity index (χ2v) is 7.94. The summed E-state index contributed by atoms with van der Waals surface area (Å²) in [7, 11) is 0. The lowest BCUT2D eigenvalue weighted by Crippen LogP contribution is -2.47. The summed E-state index contributed by atoms with van der Waals surface area (Å²) < 4.78 is 0. The van der Waals surface area contributed by atoms with Gasteiger partial charge in [-0.2, -0.15) is 0 Å². The highest BCUT2D eigenvalue weighted by Crippen LogP contribution is 2.41. The standard InChI is InChI=1S/C21H26N2O2S/c24-19(22-14-11-17-8-3-1-4-9-17)20(25)23-16-21(12-5-2-6-13-21)18-10-7-15-26-18/h1,3-4,7-10,15H,2,5-6,11-14,16H2,(H,22,24)(H,23,25). The van der Waals surface area contributed by atoms with Gasteiger partial charge in [-0.25, -0.2) is 0 Å². The molecule has 1 fully saturated rings. The summed E-state index contributed by atoms with van der Waals surface area (Å²) in [6.07, 6.45) is 6.47. The highest BCUT2D eigenvalue weighted by atomic mass is 32.1. The molecule has 1 aromatic carbocycles. The molecule has 26 heavy (non-hydrogen) atoms. The van der Waals surface area contributed by atoms with Gasteiger partial charge in [-0.1, -0.05) is 55.7 Å². The third-order valence-corrected chi connectivity index (χ3v) is 6.31. The van der Waals surface area contributed by atoms with Crippen molar-refractivity contribution in [3.63, 3.8) is 0 Å². The zero-order valence-corrected chi connectivity index (χ0v) is 15.8. The molecule has 0 radical (unpaired) electrons. The van der Waals surface area contributed by atoms with E-state index in [4.69, 9.17) is 0 Å². The molecule has 2 amide bonds. The van der Waals surface area contributed by atoms with E-state index < -0.39 is 11.8 Å². The van der Waals surface area contributed by atoms with Crippen molar-refractivity contribution < 1.29 is 9.59 Å². The molecule has 1 aliphatic carbocycles. The molecule has 1 saturated carbocycles. The van der Waals surface area contributed by atoms with E-state index in [1.54, 1.807) is 11.3 Å². The number of benzene rings is 1. The average molecular weight is 371 g/mol. The zero-order chi connectivity index (χ0) is 18.2. The van der Waals surface area contributed by atoms with E-state index in [2.05, 4.69) is 28.1 Å². The minimum atomic E-state index is -0.543. The summed E-state index contributed by atoms with van der Waals surface area (Å²) in [5, 5.41) is 7.69. The Morgan fingerprint density at radius 2 is 1.65 bits per heavy atom. The summed E-state index contributed by atoms with van der Waals surface area (Å²) in [6.45, 7) is 1.00. The van der Waals surface area contributed by atoms with Gasteiger partial charge in [0.1, 0.15) is 0 Å². The van der Waals surface area contributed by atoms with Crippen LogP contribution in [0, 0.1) is 0 Å². The van der Waals surface area contributed by atoms with Crippen LogP contribution < -0.4 is 10.6 Å². The van der Waals surface area contributed by atoms with Gasteiger partial charge in [0.05, 0.1) is 0 Å². The van der Waals surface area contributed by atoms with Gasteiger partial charge < -0.3 is 10.6 Å². The number of hydrogen-bond acceptors (Lipinski definition) is 3. The smallest absolute Gasteiger partial charge is 0.309 e. The fraction of sp³-hybridized carbons (Fsp3) is 0.429. The molecule has 0 bridgehead atoms. The third-order valence-electron chi connectivity index (χ3n) is 5.19. The van der Waals surface area contributed by atoms with Crippen molar-refractivity contribution in [2.75, 3.05) is 13.1 Å². The monoisotopic (exact) mass is 370 g/mol. The third kappa shape index (κ3) is 4.73. The second-order valence-electron chi connectivity index (χ2n) is 6.99. The van der Waals surface area contributed by atoms with E-state index in [9.17, 15) is 9.59 Å². The molecule has 2 aromatic rings. The molecule has 2 N–H and O–H groups in total. The normalized spacial score (nSPS) is 16.0. The Labute approximate surface area is 159 Å². The van der Waals surface area contributed by atoms with Crippen LogP contribution in [0.25, 0.3) is 0 Å². The van der Waals surface area contributed by atoms with Gasteiger partial charge in [-0.15, -0.1) is 11.3 Å². The van der Waals surface area contributed by atoms with Gasteiger partial charge >= 0.3 is 11.8 Å². The molecule has 1 heterocycles. The van der Waals surface area contributed by atoms with E-state index in [1.165, 1.54) is 24.1 Å². The van der Waals surface area contributed by atoms with E-state index in [0.29, 0.717) is 13.1 Å². The van der Waals surface area contributed by atoms with E-state index in [1.807, 2.05) is 30.3 Å². The van der Waals surface area contributed by atoms with Crippen LogP contribution in [0.5, 0.6) is 0 Å². The number of nitrogens with one attached hydrogen (secondary N) is 2. The van der Waals surface area contributed by atoms with Crippen LogP contribution in [-0.4, -0.2) is 24.9 Å². The highest BCUT2D eigenvalue weighted by Gasteiger charge is 2.35. The van der Waals surface area contributed by atoms with Crippen LogP contribution in [0.4, 0.5) is 0 Å². The molecule has 1 aromatic heterocycles. The first kappa shape index (κ1) is 18.6. The zero-order valence-electron chi connectivity index (χ0n) is 15.0. The summed E-state index contributed by atoms with van der Waals surface area (Å²) in [5.41, 5.74) is 1.14. The number of hydrogen-bond donors (Lipinski definition) is 2. The van der Waals surface area contributed by atoms with Gasteiger partial charge in [0, 0.05) is 23.4 Å².